The highest BCUT2D eigenvalue weighted by atomic mass is 16.6. The van der Waals surface area contributed by atoms with Crippen molar-refractivity contribution in [3.63, 3.8) is 0 Å². The number of fused-ring (bicyclic) bond motifs is 2. The SMILES string of the molecule is Cc1c(-c2[nH]c3ccc(C4CCN(C(=O)OCCn5ccnc5)CC4)cc3c2C(C)C)cn2ncnc2c1C. The fourth-order valence-electron chi connectivity index (χ4n) is 5.89. The molecule has 0 bridgehead atoms. The second-order valence-corrected chi connectivity index (χ2v) is 10.9. The van der Waals surface area contributed by atoms with E-state index in [-0.39, 0.29) is 6.09 Å². The van der Waals surface area contributed by atoms with E-state index in [0.717, 1.165) is 40.8 Å². The molecule has 4 aromatic heterocycles. The molecule has 1 N–H and O–H groups in total. The zero-order valence-corrected chi connectivity index (χ0v) is 23.0. The van der Waals surface area contributed by atoms with Crippen molar-refractivity contribution in [3.8, 4) is 11.3 Å². The molecule has 0 atom stereocenters. The van der Waals surface area contributed by atoms with Crippen molar-refractivity contribution in [3.05, 3.63) is 71.7 Å². The molecular formula is C30H35N7O2. The van der Waals surface area contributed by atoms with Crippen molar-refractivity contribution in [2.75, 3.05) is 19.7 Å². The lowest BCUT2D eigenvalue weighted by molar-refractivity contribution is 0.0898. The minimum Gasteiger partial charge on any atom is -0.448 e. The van der Waals surface area contributed by atoms with Gasteiger partial charge in [0.2, 0.25) is 0 Å². The van der Waals surface area contributed by atoms with Crippen molar-refractivity contribution in [1.29, 1.82) is 0 Å². The minimum atomic E-state index is -0.226. The van der Waals surface area contributed by atoms with Crippen molar-refractivity contribution in [2.45, 2.75) is 58.9 Å². The molecule has 1 saturated heterocycles. The van der Waals surface area contributed by atoms with Crippen LogP contribution in [0.5, 0.6) is 0 Å². The Morgan fingerprint density at radius 2 is 2.00 bits per heavy atom. The Kier molecular flexibility index (Phi) is 6.58. The number of benzene rings is 1. The summed E-state index contributed by atoms with van der Waals surface area (Å²) in [6.07, 6.45) is 10.7. The van der Waals surface area contributed by atoms with Gasteiger partial charge in [0.15, 0.2) is 5.65 Å². The van der Waals surface area contributed by atoms with E-state index in [1.807, 2.05) is 20.2 Å². The maximum atomic E-state index is 12.6. The highest BCUT2D eigenvalue weighted by Crippen LogP contribution is 2.40. The highest BCUT2D eigenvalue weighted by molar-refractivity contribution is 5.92. The second kappa shape index (κ2) is 10.2. The van der Waals surface area contributed by atoms with E-state index in [9.17, 15) is 4.79 Å². The van der Waals surface area contributed by atoms with Crippen LogP contribution in [-0.2, 0) is 11.3 Å². The summed E-state index contributed by atoms with van der Waals surface area (Å²) in [4.78, 5) is 26.6. The third kappa shape index (κ3) is 4.66. The number of pyridine rings is 1. The average Bonchev–Trinajstić information content (AvgIpc) is 3.70. The van der Waals surface area contributed by atoms with Crippen LogP contribution in [0.25, 0.3) is 27.8 Å². The van der Waals surface area contributed by atoms with E-state index in [2.05, 4.69) is 72.1 Å². The lowest BCUT2D eigenvalue weighted by Crippen LogP contribution is -2.38. The Labute approximate surface area is 227 Å². The molecule has 0 saturated carbocycles. The fraction of sp³-hybridized carbons (Fsp3) is 0.400. The number of amides is 1. The summed E-state index contributed by atoms with van der Waals surface area (Å²) in [5, 5.41) is 5.68. The Bertz CT molecular complexity index is 1620. The van der Waals surface area contributed by atoms with E-state index in [4.69, 9.17) is 4.74 Å². The van der Waals surface area contributed by atoms with Gasteiger partial charge in [-0.05, 0) is 72.9 Å². The van der Waals surface area contributed by atoms with Crippen LogP contribution in [-0.4, -0.2) is 59.8 Å². The monoisotopic (exact) mass is 525 g/mol. The van der Waals surface area contributed by atoms with Gasteiger partial charge in [0.05, 0.1) is 18.6 Å². The molecule has 202 valence electrons. The zero-order valence-electron chi connectivity index (χ0n) is 23.0. The third-order valence-corrected chi connectivity index (χ3v) is 8.19. The maximum absolute atomic E-state index is 12.6. The number of aromatic nitrogens is 6. The number of carbonyl (C=O) groups is 1. The summed E-state index contributed by atoms with van der Waals surface area (Å²) in [5.41, 5.74) is 9.38. The normalized spacial score (nSPS) is 14.6. The van der Waals surface area contributed by atoms with Gasteiger partial charge in [-0.1, -0.05) is 19.9 Å². The molecule has 1 aromatic carbocycles. The van der Waals surface area contributed by atoms with E-state index >= 15 is 0 Å². The molecule has 0 radical (unpaired) electrons. The van der Waals surface area contributed by atoms with E-state index in [1.54, 1.807) is 18.9 Å². The van der Waals surface area contributed by atoms with E-state index in [0.29, 0.717) is 38.1 Å². The Hall–Kier alpha value is -4.14. The van der Waals surface area contributed by atoms with Crippen LogP contribution in [0.2, 0.25) is 0 Å². The Balaban J connectivity index is 1.21. The van der Waals surface area contributed by atoms with Gasteiger partial charge >= 0.3 is 6.09 Å². The number of hydrogen-bond acceptors (Lipinski definition) is 5. The van der Waals surface area contributed by atoms with Crippen molar-refractivity contribution in [1.82, 2.24) is 34.0 Å². The van der Waals surface area contributed by atoms with Crippen LogP contribution >= 0.6 is 0 Å². The van der Waals surface area contributed by atoms with Crippen LogP contribution in [0.3, 0.4) is 0 Å². The first-order chi connectivity index (χ1) is 18.9. The number of H-pyrrole nitrogens is 1. The summed E-state index contributed by atoms with van der Waals surface area (Å²) in [6.45, 7) is 11.2. The summed E-state index contributed by atoms with van der Waals surface area (Å²) in [6, 6.07) is 6.83. The van der Waals surface area contributed by atoms with Crippen LogP contribution in [0.1, 0.15) is 60.8 Å². The second-order valence-electron chi connectivity index (χ2n) is 10.9. The summed E-state index contributed by atoms with van der Waals surface area (Å²) in [5.74, 6) is 0.757. The van der Waals surface area contributed by atoms with Crippen molar-refractivity contribution < 1.29 is 9.53 Å². The third-order valence-electron chi connectivity index (χ3n) is 8.19. The number of ether oxygens (including phenoxy) is 1. The molecular weight excluding hydrogens is 490 g/mol. The predicted octanol–water partition coefficient (Wildman–Crippen LogP) is 5.83. The summed E-state index contributed by atoms with van der Waals surface area (Å²) in [7, 11) is 0. The first-order valence-corrected chi connectivity index (χ1v) is 13.7. The lowest BCUT2D eigenvalue weighted by atomic mass is 9.87. The van der Waals surface area contributed by atoms with Crippen LogP contribution in [0.4, 0.5) is 4.79 Å². The Morgan fingerprint density at radius 3 is 2.74 bits per heavy atom. The quantitative estimate of drug-likeness (QED) is 0.301. The van der Waals surface area contributed by atoms with Gasteiger partial charge in [-0.15, -0.1) is 0 Å². The molecule has 5 heterocycles. The first-order valence-electron chi connectivity index (χ1n) is 13.7. The van der Waals surface area contributed by atoms with Gasteiger partial charge in [-0.3, -0.25) is 0 Å². The number of nitrogens with zero attached hydrogens (tertiary/aromatic N) is 6. The number of imidazole rings is 1. The van der Waals surface area contributed by atoms with E-state index in [1.165, 1.54) is 22.1 Å². The van der Waals surface area contributed by atoms with E-state index < -0.39 is 0 Å². The largest absolute Gasteiger partial charge is 0.448 e. The highest BCUT2D eigenvalue weighted by Gasteiger charge is 2.26. The van der Waals surface area contributed by atoms with Crippen LogP contribution in [0, 0.1) is 13.8 Å². The average molecular weight is 526 g/mol. The number of aromatic amines is 1. The number of aryl methyl sites for hydroxylation is 1. The van der Waals surface area contributed by atoms with Gasteiger partial charge in [-0.2, -0.15) is 5.10 Å². The fourth-order valence-corrected chi connectivity index (χ4v) is 5.89. The molecule has 6 rings (SSSR count). The lowest BCUT2D eigenvalue weighted by Gasteiger charge is -2.31. The van der Waals surface area contributed by atoms with Gasteiger partial charge in [0.25, 0.3) is 0 Å². The zero-order chi connectivity index (χ0) is 27.1. The molecule has 0 aliphatic carbocycles. The molecule has 1 aliphatic rings. The number of rotatable bonds is 6. The standard InChI is InChI=1S/C30H35N7O2/c1-19(2)27-24-15-23(22-7-10-36(11-8-22)30(38)39-14-13-35-12-9-31-18-35)5-6-26(24)34-28(27)25-16-37-29(32-17-33-37)21(4)20(25)3/h5-6,9,12,15-19,22,34H,7-8,10-11,13-14H2,1-4H3. The molecule has 5 aromatic rings. The summed E-state index contributed by atoms with van der Waals surface area (Å²) >= 11 is 0. The number of likely N-dealkylation sites (tertiary alicyclic amines) is 1. The number of hydrogen-bond donors (Lipinski definition) is 1. The molecule has 9 heteroatoms. The predicted molar refractivity (Wildman–Crippen MR) is 151 cm³/mol. The van der Waals surface area contributed by atoms with Gasteiger partial charge in [-0.25, -0.2) is 19.3 Å². The van der Waals surface area contributed by atoms with Crippen LogP contribution in [0.15, 0.2) is 49.4 Å². The van der Waals surface area contributed by atoms with Crippen molar-refractivity contribution >= 4 is 22.6 Å². The number of carbonyl (C=O) groups excluding carboxylic acids is 1. The smallest absolute Gasteiger partial charge is 0.409 e. The first kappa shape index (κ1) is 25.2. The molecule has 0 unspecified atom stereocenters. The van der Waals surface area contributed by atoms with Gasteiger partial charge < -0.3 is 19.2 Å². The minimum absolute atomic E-state index is 0.226. The summed E-state index contributed by atoms with van der Waals surface area (Å²) < 4.78 is 9.28. The Morgan fingerprint density at radius 1 is 1.18 bits per heavy atom. The van der Waals surface area contributed by atoms with Crippen LogP contribution < -0.4 is 0 Å². The number of nitrogens with one attached hydrogen (secondary N) is 1. The molecule has 1 fully saturated rings. The maximum Gasteiger partial charge on any atom is 0.409 e. The van der Waals surface area contributed by atoms with Gasteiger partial charge in [0, 0.05) is 48.1 Å². The molecule has 1 amide bonds. The van der Waals surface area contributed by atoms with Gasteiger partial charge in [0.1, 0.15) is 12.9 Å². The molecule has 9 nitrogen and oxygen atoms in total. The molecule has 0 spiro atoms. The molecule has 1 aliphatic heterocycles. The number of piperidine rings is 1. The topological polar surface area (TPSA) is 93.3 Å². The molecule has 39 heavy (non-hydrogen) atoms. The van der Waals surface area contributed by atoms with Crippen molar-refractivity contribution in [2.24, 2.45) is 0 Å².